The third-order valence-corrected chi connectivity index (χ3v) is 24.8. The summed E-state index contributed by atoms with van der Waals surface area (Å²) in [6.45, 7) is 16.2. The monoisotopic (exact) mass is 762 g/mol. The number of hydrogen-bond acceptors (Lipinski definition) is 0. The molecular formula is C44H46Cl2SiZr. The second-order valence-corrected chi connectivity index (χ2v) is 31.7. The summed E-state index contributed by atoms with van der Waals surface area (Å²) in [6.07, 6.45) is 4.56. The summed E-state index contributed by atoms with van der Waals surface area (Å²) < 4.78 is 1.37. The topological polar surface area (TPSA) is 0 Å². The summed E-state index contributed by atoms with van der Waals surface area (Å²) in [6, 6.07) is 38.6. The van der Waals surface area contributed by atoms with Gasteiger partial charge in [-0.05, 0) is 0 Å². The van der Waals surface area contributed by atoms with Gasteiger partial charge in [0.25, 0.3) is 0 Å². The molecule has 1 aliphatic carbocycles. The van der Waals surface area contributed by atoms with Crippen LogP contribution in [0.2, 0.25) is 0 Å². The molecule has 1 aliphatic heterocycles. The SMILES string of the molecule is CCCC1=Cc2c(ccc(-c3ccccc3)c2-c2cc(C(C)(C)C)cc(C(C)(C)C)c2)[CH]1[Zr]([Cl])([Cl])[c]1cccc2c1[SiH2]c1ccccc1-2. The van der Waals surface area contributed by atoms with E-state index in [9.17, 15) is 0 Å². The van der Waals surface area contributed by atoms with Crippen LogP contribution in [0.4, 0.5) is 0 Å². The minimum absolute atomic E-state index is 0.0135. The molecule has 4 heteroatoms. The van der Waals surface area contributed by atoms with Crippen molar-refractivity contribution in [3.05, 3.63) is 131 Å². The zero-order valence-electron chi connectivity index (χ0n) is 29.3. The number of hydrogen-bond donors (Lipinski definition) is 0. The van der Waals surface area contributed by atoms with Crippen molar-refractivity contribution in [1.29, 1.82) is 0 Å². The predicted octanol–water partition coefficient (Wildman–Crippen LogP) is 10.7. The zero-order valence-corrected chi connectivity index (χ0v) is 34.7. The van der Waals surface area contributed by atoms with Crippen LogP contribution in [0.15, 0.2) is 109 Å². The Balaban J connectivity index is 1.48. The van der Waals surface area contributed by atoms with Gasteiger partial charge in [-0.15, -0.1) is 0 Å². The van der Waals surface area contributed by atoms with Crippen molar-refractivity contribution < 1.29 is 17.9 Å². The molecule has 0 amide bonds. The van der Waals surface area contributed by atoms with E-state index in [4.69, 9.17) is 17.0 Å². The molecule has 244 valence electrons. The molecule has 0 saturated carbocycles. The Labute approximate surface area is 302 Å². The molecule has 2 aliphatic rings. The van der Waals surface area contributed by atoms with E-state index in [0.29, 0.717) is 0 Å². The molecular weight excluding hydrogens is 719 g/mol. The first-order valence-corrected chi connectivity index (χ1v) is 27.9. The van der Waals surface area contributed by atoms with Crippen molar-refractivity contribution in [3.63, 3.8) is 0 Å². The van der Waals surface area contributed by atoms with Gasteiger partial charge in [-0.1, -0.05) is 0 Å². The van der Waals surface area contributed by atoms with Gasteiger partial charge in [0.05, 0.1) is 0 Å². The molecule has 7 rings (SSSR count). The summed E-state index contributed by atoms with van der Waals surface area (Å²) in [5.74, 6) is 0. The van der Waals surface area contributed by atoms with E-state index >= 15 is 0 Å². The molecule has 0 saturated heterocycles. The van der Waals surface area contributed by atoms with Gasteiger partial charge in [0.2, 0.25) is 0 Å². The van der Waals surface area contributed by atoms with Crippen LogP contribution in [-0.2, 0) is 28.7 Å². The third-order valence-electron chi connectivity index (χ3n) is 10.4. The summed E-state index contributed by atoms with van der Waals surface area (Å²) >= 11 is -4.10. The van der Waals surface area contributed by atoms with Crippen LogP contribution in [0.1, 0.15) is 87.2 Å². The Morgan fingerprint density at radius 2 is 1.31 bits per heavy atom. The molecule has 5 aromatic rings. The molecule has 1 unspecified atom stereocenters. The fourth-order valence-electron chi connectivity index (χ4n) is 7.88. The predicted molar refractivity (Wildman–Crippen MR) is 211 cm³/mol. The summed E-state index contributed by atoms with van der Waals surface area (Å²) in [5, 5.41) is 2.99. The third kappa shape index (κ3) is 6.00. The number of allylic oxidation sites excluding steroid dienone is 1. The van der Waals surface area contributed by atoms with E-state index in [2.05, 4.69) is 158 Å². The first-order chi connectivity index (χ1) is 22.8. The fraction of sp³-hybridized carbons (Fsp3) is 0.273. The Hall–Kier alpha value is -2.48. The Kier molecular flexibility index (Phi) is 8.99. The van der Waals surface area contributed by atoms with E-state index < -0.39 is 27.4 Å². The molecule has 0 radical (unpaired) electrons. The molecule has 0 nitrogen and oxygen atoms in total. The van der Waals surface area contributed by atoms with Crippen LogP contribution in [0.25, 0.3) is 39.5 Å². The molecule has 1 atom stereocenters. The Morgan fingerprint density at radius 1 is 0.667 bits per heavy atom. The van der Waals surface area contributed by atoms with Gasteiger partial charge in [-0.2, -0.15) is 0 Å². The van der Waals surface area contributed by atoms with Crippen molar-refractivity contribution in [2.24, 2.45) is 0 Å². The van der Waals surface area contributed by atoms with E-state index in [1.54, 1.807) is 0 Å². The van der Waals surface area contributed by atoms with Crippen LogP contribution >= 0.6 is 17.0 Å². The zero-order chi connectivity index (χ0) is 34.0. The second kappa shape index (κ2) is 12.7. The van der Waals surface area contributed by atoms with Crippen LogP contribution in [0, 0.1) is 0 Å². The molecule has 0 fully saturated rings. The van der Waals surface area contributed by atoms with E-state index in [0.717, 1.165) is 12.8 Å². The normalized spacial score (nSPS) is 16.1. The molecule has 0 aromatic heterocycles. The number of benzene rings is 5. The van der Waals surface area contributed by atoms with Gasteiger partial charge in [-0.25, -0.2) is 0 Å². The van der Waals surface area contributed by atoms with Crippen molar-refractivity contribution in [3.8, 4) is 33.4 Å². The molecule has 0 spiro atoms. The van der Waals surface area contributed by atoms with Crippen molar-refractivity contribution >= 4 is 46.3 Å². The summed E-state index contributed by atoms with van der Waals surface area (Å²) in [5.41, 5.74) is 14.6. The van der Waals surface area contributed by atoms with Gasteiger partial charge in [0.1, 0.15) is 0 Å². The van der Waals surface area contributed by atoms with Crippen LogP contribution in [-0.4, -0.2) is 9.52 Å². The van der Waals surface area contributed by atoms with Crippen LogP contribution in [0.5, 0.6) is 0 Å². The number of halogens is 2. The van der Waals surface area contributed by atoms with Crippen LogP contribution in [0.3, 0.4) is 0 Å². The van der Waals surface area contributed by atoms with E-state index in [1.807, 2.05) is 0 Å². The number of fused-ring (bicyclic) bond motifs is 4. The standard InChI is InChI=1S/C32H37.C12H9Si.2ClH.Zr/c1-8-12-22-17-24-15-16-28(23-13-10-9-11-14-23)30(29(24)18-22)25-19-26(31(2,3)4)21-27(20-25)32(5,6)7;1-3-7-11-9(5-1)10-6-2-4-8-12(10)13-11;;;/h9-11,13-21H,8,12H2,1-7H3;1-7H,13H2;2*1H;/q;;;;+2/p-2. The van der Waals surface area contributed by atoms with Gasteiger partial charge in [-0.3, -0.25) is 0 Å². The number of rotatable bonds is 6. The maximum atomic E-state index is 8.03. The summed E-state index contributed by atoms with van der Waals surface area (Å²) in [4.78, 5) is 0. The van der Waals surface area contributed by atoms with Gasteiger partial charge in [0.15, 0.2) is 0 Å². The first kappa shape index (κ1) is 34.0. The quantitative estimate of drug-likeness (QED) is 0.148. The molecule has 1 heterocycles. The van der Waals surface area contributed by atoms with Gasteiger partial charge >= 0.3 is 304 Å². The molecule has 5 aromatic carbocycles. The average molecular weight is 765 g/mol. The van der Waals surface area contributed by atoms with Crippen molar-refractivity contribution in [1.82, 2.24) is 0 Å². The fourth-order valence-corrected chi connectivity index (χ4v) is 24.7. The second-order valence-electron chi connectivity index (χ2n) is 15.8. The average Bonchev–Trinajstić information content (AvgIpc) is 3.62. The van der Waals surface area contributed by atoms with Crippen molar-refractivity contribution in [2.75, 3.05) is 0 Å². The Bertz CT molecular complexity index is 2030. The van der Waals surface area contributed by atoms with E-state index in [1.165, 1.54) is 74.9 Å². The molecule has 0 N–H and O–H groups in total. The van der Waals surface area contributed by atoms with Gasteiger partial charge in [0, 0.05) is 0 Å². The van der Waals surface area contributed by atoms with E-state index in [-0.39, 0.29) is 14.5 Å². The van der Waals surface area contributed by atoms with Gasteiger partial charge < -0.3 is 0 Å². The maximum absolute atomic E-state index is 8.03. The van der Waals surface area contributed by atoms with Crippen LogP contribution < -0.4 is 13.6 Å². The van der Waals surface area contributed by atoms with Crippen molar-refractivity contribution in [2.45, 2.75) is 75.8 Å². The molecule has 0 bridgehead atoms. The molecule has 48 heavy (non-hydrogen) atoms. The minimum atomic E-state index is -4.10. The first-order valence-electron chi connectivity index (χ1n) is 17.5. The Morgan fingerprint density at radius 3 is 1.98 bits per heavy atom. The summed E-state index contributed by atoms with van der Waals surface area (Å²) in [7, 11) is 15.4.